The second kappa shape index (κ2) is 6.95. The summed E-state index contributed by atoms with van der Waals surface area (Å²) in [5.74, 6) is -0.0916. The van der Waals surface area contributed by atoms with Crippen molar-refractivity contribution < 1.29 is 9.59 Å². The van der Waals surface area contributed by atoms with Gasteiger partial charge in [0.25, 0.3) is 11.8 Å². The van der Waals surface area contributed by atoms with Gasteiger partial charge in [0.1, 0.15) is 11.0 Å². The SMILES string of the molecule is O=C(NCc1ccc(C(=O)N2CCCC2)cc1)c1ccc2n[nH]nc2c1. The number of aromatic nitrogens is 3. The van der Waals surface area contributed by atoms with Crippen LogP contribution in [0.4, 0.5) is 0 Å². The van der Waals surface area contributed by atoms with Crippen LogP contribution in [0.15, 0.2) is 42.5 Å². The van der Waals surface area contributed by atoms with E-state index in [1.165, 1.54) is 0 Å². The molecule has 2 heterocycles. The minimum atomic E-state index is -0.174. The summed E-state index contributed by atoms with van der Waals surface area (Å²) < 4.78 is 0. The summed E-state index contributed by atoms with van der Waals surface area (Å²) in [7, 11) is 0. The van der Waals surface area contributed by atoms with Gasteiger partial charge in [0.05, 0.1) is 0 Å². The Morgan fingerprint density at radius 2 is 1.65 bits per heavy atom. The number of hydrogen-bond acceptors (Lipinski definition) is 4. The molecule has 0 saturated carbocycles. The van der Waals surface area contributed by atoms with Crippen LogP contribution in [0.1, 0.15) is 39.1 Å². The number of nitrogens with zero attached hydrogens (tertiary/aromatic N) is 3. The van der Waals surface area contributed by atoms with E-state index in [2.05, 4.69) is 20.7 Å². The summed E-state index contributed by atoms with van der Waals surface area (Å²) in [5.41, 5.74) is 3.55. The molecule has 7 nitrogen and oxygen atoms in total. The van der Waals surface area contributed by atoms with E-state index in [1.54, 1.807) is 18.2 Å². The molecule has 2 N–H and O–H groups in total. The Balaban J connectivity index is 1.38. The normalized spacial score (nSPS) is 13.9. The predicted octanol–water partition coefficient (Wildman–Crippen LogP) is 2.12. The molecule has 2 amide bonds. The van der Waals surface area contributed by atoms with Gasteiger partial charge < -0.3 is 10.2 Å². The van der Waals surface area contributed by atoms with Gasteiger partial charge >= 0.3 is 0 Å². The van der Waals surface area contributed by atoms with E-state index >= 15 is 0 Å². The highest BCUT2D eigenvalue weighted by Gasteiger charge is 2.19. The van der Waals surface area contributed by atoms with Crippen molar-refractivity contribution in [1.29, 1.82) is 0 Å². The molecule has 0 unspecified atom stereocenters. The highest BCUT2D eigenvalue weighted by Crippen LogP contribution is 2.14. The number of carbonyl (C=O) groups excluding carboxylic acids is 2. The highest BCUT2D eigenvalue weighted by molar-refractivity contribution is 5.97. The Bertz CT molecular complexity index is 942. The summed E-state index contributed by atoms with van der Waals surface area (Å²) in [6, 6.07) is 12.6. The van der Waals surface area contributed by atoms with Crippen LogP contribution in [0.5, 0.6) is 0 Å². The lowest BCUT2D eigenvalue weighted by atomic mass is 10.1. The molecule has 0 aliphatic carbocycles. The molecule has 1 saturated heterocycles. The molecule has 1 aliphatic heterocycles. The van der Waals surface area contributed by atoms with Crippen molar-refractivity contribution in [2.75, 3.05) is 13.1 Å². The van der Waals surface area contributed by atoms with Gasteiger partial charge in [0.2, 0.25) is 0 Å². The third kappa shape index (κ3) is 3.28. The molecule has 7 heteroatoms. The lowest BCUT2D eigenvalue weighted by Crippen LogP contribution is -2.27. The molecule has 1 aliphatic rings. The molecule has 4 rings (SSSR count). The minimum absolute atomic E-state index is 0.0824. The van der Waals surface area contributed by atoms with E-state index in [-0.39, 0.29) is 11.8 Å². The zero-order valence-corrected chi connectivity index (χ0v) is 14.2. The van der Waals surface area contributed by atoms with Gasteiger partial charge in [0.15, 0.2) is 0 Å². The number of amides is 2. The smallest absolute Gasteiger partial charge is 0.253 e. The molecule has 1 aromatic heterocycles. The number of H-pyrrole nitrogens is 1. The molecule has 0 radical (unpaired) electrons. The maximum absolute atomic E-state index is 12.3. The van der Waals surface area contributed by atoms with Gasteiger partial charge in [0, 0.05) is 30.8 Å². The first-order chi connectivity index (χ1) is 12.7. The predicted molar refractivity (Wildman–Crippen MR) is 96.6 cm³/mol. The van der Waals surface area contributed by atoms with E-state index in [0.717, 1.165) is 37.0 Å². The van der Waals surface area contributed by atoms with Gasteiger partial charge in [-0.15, -0.1) is 0 Å². The Labute approximate surface area is 150 Å². The Morgan fingerprint density at radius 1 is 0.962 bits per heavy atom. The van der Waals surface area contributed by atoms with Crippen molar-refractivity contribution in [3.63, 3.8) is 0 Å². The molecule has 0 spiro atoms. The topological polar surface area (TPSA) is 91.0 Å². The monoisotopic (exact) mass is 349 g/mol. The zero-order valence-electron chi connectivity index (χ0n) is 14.2. The number of hydrogen-bond donors (Lipinski definition) is 2. The first-order valence-corrected chi connectivity index (χ1v) is 8.68. The molecule has 0 bridgehead atoms. The van der Waals surface area contributed by atoms with Gasteiger partial charge in [-0.2, -0.15) is 15.4 Å². The van der Waals surface area contributed by atoms with Crippen LogP contribution in [0.25, 0.3) is 11.0 Å². The van der Waals surface area contributed by atoms with Gasteiger partial charge in [-0.05, 0) is 48.7 Å². The zero-order chi connectivity index (χ0) is 17.9. The maximum Gasteiger partial charge on any atom is 0.253 e. The second-order valence-electron chi connectivity index (χ2n) is 6.41. The molecule has 1 fully saturated rings. The fourth-order valence-corrected chi connectivity index (χ4v) is 3.13. The second-order valence-corrected chi connectivity index (χ2v) is 6.41. The summed E-state index contributed by atoms with van der Waals surface area (Å²) >= 11 is 0. The molecule has 2 aromatic carbocycles. The average Bonchev–Trinajstić information content (AvgIpc) is 3.37. The van der Waals surface area contributed by atoms with Crippen LogP contribution in [0, 0.1) is 0 Å². The summed E-state index contributed by atoms with van der Waals surface area (Å²) in [4.78, 5) is 26.5. The van der Waals surface area contributed by atoms with E-state index in [9.17, 15) is 9.59 Å². The average molecular weight is 349 g/mol. The van der Waals surface area contributed by atoms with Crippen molar-refractivity contribution in [2.45, 2.75) is 19.4 Å². The fourth-order valence-electron chi connectivity index (χ4n) is 3.13. The molecular weight excluding hydrogens is 330 g/mol. The Morgan fingerprint density at radius 3 is 2.42 bits per heavy atom. The highest BCUT2D eigenvalue weighted by atomic mass is 16.2. The number of aromatic amines is 1. The minimum Gasteiger partial charge on any atom is -0.348 e. The van der Waals surface area contributed by atoms with Crippen molar-refractivity contribution in [1.82, 2.24) is 25.6 Å². The first kappa shape index (κ1) is 16.3. The van der Waals surface area contributed by atoms with Crippen LogP contribution < -0.4 is 5.32 Å². The summed E-state index contributed by atoms with van der Waals surface area (Å²) in [5, 5.41) is 13.4. The van der Waals surface area contributed by atoms with Gasteiger partial charge in [-0.3, -0.25) is 9.59 Å². The number of fused-ring (bicyclic) bond motifs is 1. The lowest BCUT2D eigenvalue weighted by Gasteiger charge is -2.15. The quantitative estimate of drug-likeness (QED) is 0.755. The summed E-state index contributed by atoms with van der Waals surface area (Å²) in [6.07, 6.45) is 2.16. The standard InChI is InChI=1S/C19H19N5O2/c25-18(15-7-8-16-17(11-15)22-23-21-16)20-12-13-3-5-14(6-4-13)19(26)24-9-1-2-10-24/h3-8,11H,1-2,9-10,12H2,(H,20,25)(H,21,22,23). The fraction of sp³-hybridized carbons (Fsp3) is 0.263. The van der Waals surface area contributed by atoms with Crippen molar-refractivity contribution in [3.8, 4) is 0 Å². The van der Waals surface area contributed by atoms with Crippen molar-refractivity contribution in [3.05, 3.63) is 59.2 Å². The Kier molecular flexibility index (Phi) is 4.35. The number of rotatable bonds is 4. The number of benzene rings is 2. The number of carbonyl (C=O) groups is 2. The van der Waals surface area contributed by atoms with E-state index in [4.69, 9.17) is 0 Å². The largest absolute Gasteiger partial charge is 0.348 e. The molecular formula is C19H19N5O2. The number of likely N-dealkylation sites (tertiary alicyclic amines) is 1. The summed E-state index contributed by atoms with van der Waals surface area (Å²) in [6.45, 7) is 2.08. The third-order valence-electron chi connectivity index (χ3n) is 4.63. The Hall–Kier alpha value is -3.22. The van der Waals surface area contributed by atoms with E-state index in [1.807, 2.05) is 29.2 Å². The van der Waals surface area contributed by atoms with Crippen molar-refractivity contribution in [2.24, 2.45) is 0 Å². The van der Waals surface area contributed by atoms with Crippen LogP contribution in [0.3, 0.4) is 0 Å². The number of nitrogens with one attached hydrogen (secondary N) is 2. The van der Waals surface area contributed by atoms with E-state index in [0.29, 0.717) is 23.2 Å². The van der Waals surface area contributed by atoms with Crippen molar-refractivity contribution >= 4 is 22.8 Å². The first-order valence-electron chi connectivity index (χ1n) is 8.68. The van der Waals surface area contributed by atoms with Crippen LogP contribution in [0.2, 0.25) is 0 Å². The third-order valence-corrected chi connectivity index (χ3v) is 4.63. The van der Waals surface area contributed by atoms with Crippen LogP contribution in [-0.2, 0) is 6.54 Å². The maximum atomic E-state index is 12.3. The van der Waals surface area contributed by atoms with Gasteiger partial charge in [-0.25, -0.2) is 0 Å². The molecule has 26 heavy (non-hydrogen) atoms. The van der Waals surface area contributed by atoms with Gasteiger partial charge in [-0.1, -0.05) is 12.1 Å². The van der Waals surface area contributed by atoms with Crippen LogP contribution >= 0.6 is 0 Å². The van der Waals surface area contributed by atoms with E-state index < -0.39 is 0 Å². The molecule has 0 atom stereocenters. The molecule has 132 valence electrons. The molecule has 3 aromatic rings. The lowest BCUT2D eigenvalue weighted by molar-refractivity contribution is 0.0792. The van der Waals surface area contributed by atoms with Crippen LogP contribution in [-0.4, -0.2) is 45.2 Å².